The number of Topliss-reactive ketones (excluding diaryl/α,β-unsaturated/α-hetero) is 1. The van der Waals surface area contributed by atoms with Gasteiger partial charge in [-0.25, -0.2) is 0 Å². The Hall–Kier alpha value is -2.42. The SMILES string of the molecule is CCC(Oc1cccc(C=O)c1)C(=O)c1ccccc1. The molecule has 0 amide bonds. The number of aldehydes is 1. The van der Waals surface area contributed by atoms with Crippen molar-refractivity contribution in [2.75, 3.05) is 0 Å². The number of hydrogen-bond donors (Lipinski definition) is 0. The second-order valence-corrected chi connectivity index (χ2v) is 4.44. The molecule has 2 aromatic carbocycles. The van der Waals surface area contributed by atoms with Crippen molar-refractivity contribution in [3.63, 3.8) is 0 Å². The molecule has 102 valence electrons. The lowest BCUT2D eigenvalue weighted by molar-refractivity contribution is 0.0786. The van der Waals surface area contributed by atoms with Gasteiger partial charge in [-0.05, 0) is 18.6 Å². The lowest BCUT2D eigenvalue weighted by Gasteiger charge is -2.16. The van der Waals surface area contributed by atoms with Crippen molar-refractivity contribution < 1.29 is 14.3 Å². The summed E-state index contributed by atoms with van der Waals surface area (Å²) in [5, 5.41) is 0. The normalized spacial score (nSPS) is 11.7. The summed E-state index contributed by atoms with van der Waals surface area (Å²) in [5.41, 5.74) is 1.16. The second-order valence-electron chi connectivity index (χ2n) is 4.44. The van der Waals surface area contributed by atoms with E-state index in [0.717, 1.165) is 6.29 Å². The lowest BCUT2D eigenvalue weighted by Crippen LogP contribution is -2.26. The Morgan fingerprint density at radius 2 is 1.90 bits per heavy atom. The van der Waals surface area contributed by atoms with Crippen molar-refractivity contribution in [1.29, 1.82) is 0 Å². The molecular formula is C17H16O3. The van der Waals surface area contributed by atoms with Crippen LogP contribution in [0.5, 0.6) is 5.75 Å². The van der Waals surface area contributed by atoms with Crippen LogP contribution in [0.3, 0.4) is 0 Å². The molecule has 3 nitrogen and oxygen atoms in total. The first-order valence-corrected chi connectivity index (χ1v) is 6.55. The third-order valence-electron chi connectivity index (χ3n) is 2.99. The molecule has 0 radical (unpaired) electrons. The molecule has 0 aliphatic carbocycles. The maximum absolute atomic E-state index is 12.3. The van der Waals surface area contributed by atoms with Gasteiger partial charge in [0.1, 0.15) is 12.0 Å². The van der Waals surface area contributed by atoms with Crippen molar-refractivity contribution in [3.8, 4) is 5.75 Å². The number of ether oxygens (including phenoxy) is 1. The fourth-order valence-electron chi connectivity index (χ4n) is 1.94. The molecule has 0 aromatic heterocycles. The van der Waals surface area contributed by atoms with Crippen LogP contribution < -0.4 is 4.74 Å². The number of rotatable bonds is 6. The number of hydrogen-bond acceptors (Lipinski definition) is 3. The van der Waals surface area contributed by atoms with Gasteiger partial charge in [-0.1, -0.05) is 49.4 Å². The number of carbonyl (C=O) groups excluding carboxylic acids is 2. The molecule has 0 heterocycles. The number of benzene rings is 2. The predicted octanol–water partition coefficient (Wildman–Crippen LogP) is 3.54. The van der Waals surface area contributed by atoms with Crippen LogP contribution in [0.25, 0.3) is 0 Å². The van der Waals surface area contributed by atoms with Gasteiger partial charge in [0.25, 0.3) is 0 Å². The molecule has 0 aliphatic rings. The van der Waals surface area contributed by atoms with Gasteiger partial charge >= 0.3 is 0 Å². The van der Waals surface area contributed by atoms with Crippen molar-refractivity contribution in [3.05, 3.63) is 65.7 Å². The summed E-state index contributed by atoms with van der Waals surface area (Å²) in [6, 6.07) is 15.9. The van der Waals surface area contributed by atoms with Crippen LogP contribution in [-0.2, 0) is 0 Å². The molecule has 1 atom stereocenters. The molecular weight excluding hydrogens is 252 g/mol. The van der Waals surface area contributed by atoms with E-state index in [4.69, 9.17) is 4.74 Å². The first-order chi connectivity index (χ1) is 9.74. The largest absolute Gasteiger partial charge is 0.482 e. The van der Waals surface area contributed by atoms with Gasteiger partial charge in [0.2, 0.25) is 5.78 Å². The van der Waals surface area contributed by atoms with E-state index in [1.54, 1.807) is 36.4 Å². The highest BCUT2D eigenvalue weighted by atomic mass is 16.5. The van der Waals surface area contributed by atoms with Gasteiger partial charge in [-0.2, -0.15) is 0 Å². The van der Waals surface area contributed by atoms with E-state index in [9.17, 15) is 9.59 Å². The summed E-state index contributed by atoms with van der Waals surface area (Å²) in [7, 11) is 0. The van der Waals surface area contributed by atoms with Crippen LogP contribution >= 0.6 is 0 Å². The average molecular weight is 268 g/mol. The summed E-state index contributed by atoms with van der Waals surface area (Å²) in [6.07, 6.45) is 0.783. The fourth-order valence-corrected chi connectivity index (χ4v) is 1.94. The first kappa shape index (κ1) is 14.0. The quantitative estimate of drug-likeness (QED) is 0.594. The highest BCUT2D eigenvalue weighted by Gasteiger charge is 2.19. The molecule has 0 saturated heterocycles. The van der Waals surface area contributed by atoms with Gasteiger partial charge in [-0.15, -0.1) is 0 Å². The summed E-state index contributed by atoms with van der Waals surface area (Å²) in [4.78, 5) is 23.1. The Labute approximate surface area is 118 Å². The summed E-state index contributed by atoms with van der Waals surface area (Å²) in [6.45, 7) is 1.90. The summed E-state index contributed by atoms with van der Waals surface area (Å²) < 4.78 is 5.71. The maximum atomic E-state index is 12.3. The van der Waals surface area contributed by atoms with Crippen molar-refractivity contribution in [2.24, 2.45) is 0 Å². The van der Waals surface area contributed by atoms with E-state index in [1.807, 2.05) is 25.1 Å². The first-order valence-electron chi connectivity index (χ1n) is 6.55. The summed E-state index contributed by atoms with van der Waals surface area (Å²) in [5.74, 6) is 0.482. The third kappa shape index (κ3) is 3.32. The van der Waals surface area contributed by atoms with Crippen LogP contribution in [0.4, 0.5) is 0 Å². The van der Waals surface area contributed by atoms with Crippen LogP contribution in [0.15, 0.2) is 54.6 Å². The zero-order chi connectivity index (χ0) is 14.4. The highest BCUT2D eigenvalue weighted by molar-refractivity contribution is 5.99. The molecule has 2 rings (SSSR count). The van der Waals surface area contributed by atoms with E-state index in [1.165, 1.54) is 0 Å². The van der Waals surface area contributed by atoms with Crippen LogP contribution in [0, 0.1) is 0 Å². The van der Waals surface area contributed by atoms with Crippen LogP contribution in [0.1, 0.15) is 34.1 Å². The molecule has 0 N–H and O–H groups in total. The molecule has 20 heavy (non-hydrogen) atoms. The standard InChI is InChI=1S/C17H16O3/c1-2-16(17(19)14-8-4-3-5-9-14)20-15-10-6-7-13(11-15)12-18/h3-12,16H,2H2,1H3. The Kier molecular flexibility index (Phi) is 4.66. The molecule has 0 saturated carbocycles. The Balaban J connectivity index is 2.16. The van der Waals surface area contributed by atoms with E-state index in [0.29, 0.717) is 23.3 Å². The van der Waals surface area contributed by atoms with Crippen molar-refractivity contribution in [1.82, 2.24) is 0 Å². The van der Waals surface area contributed by atoms with Crippen molar-refractivity contribution in [2.45, 2.75) is 19.4 Å². The topological polar surface area (TPSA) is 43.4 Å². The lowest BCUT2D eigenvalue weighted by atomic mass is 10.0. The van der Waals surface area contributed by atoms with Gasteiger partial charge < -0.3 is 4.74 Å². The Morgan fingerprint density at radius 1 is 1.15 bits per heavy atom. The number of carbonyl (C=O) groups is 2. The van der Waals surface area contributed by atoms with Crippen LogP contribution in [-0.4, -0.2) is 18.2 Å². The molecule has 3 heteroatoms. The highest BCUT2D eigenvalue weighted by Crippen LogP contribution is 2.17. The molecule has 2 aromatic rings. The van der Waals surface area contributed by atoms with E-state index < -0.39 is 6.10 Å². The second kappa shape index (κ2) is 6.66. The van der Waals surface area contributed by atoms with E-state index in [-0.39, 0.29) is 5.78 Å². The van der Waals surface area contributed by atoms with Gasteiger partial charge in [0.15, 0.2) is 6.10 Å². The minimum atomic E-state index is -0.542. The number of ketones is 1. The van der Waals surface area contributed by atoms with Gasteiger partial charge in [0.05, 0.1) is 0 Å². The monoisotopic (exact) mass is 268 g/mol. The minimum absolute atomic E-state index is 0.0513. The Morgan fingerprint density at radius 3 is 2.55 bits per heavy atom. The molecule has 0 aliphatic heterocycles. The third-order valence-corrected chi connectivity index (χ3v) is 2.99. The van der Waals surface area contributed by atoms with Gasteiger partial charge in [0, 0.05) is 11.1 Å². The maximum Gasteiger partial charge on any atom is 0.203 e. The van der Waals surface area contributed by atoms with E-state index >= 15 is 0 Å². The molecule has 0 bridgehead atoms. The molecule has 0 fully saturated rings. The Bertz CT molecular complexity index is 590. The zero-order valence-corrected chi connectivity index (χ0v) is 11.3. The molecule has 1 unspecified atom stereocenters. The van der Waals surface area contributed by atoms with Crippen molar-refractivity contribution >= 4 is 12.1 Å². The fraction of sp³-hybridized carbons (Fsp3) is 0.176. The van der Waals surface area contributed by atoms with E-state index in [2.05, 4.69) is 0 Å². The van der Waals surface area contributed by atoms with Gasteiger partial charge in [-0.3, -0.25) is 9.59 Å². The zero-order valence-electron chi connectivity index (χ0n) is 11.3. The minimum Gasteiger partial charge on any atom is -0.482 e. The smallest absolute Gasteiger partial charge is 0.203 e. The van der Waals surface area contributed by atoms with Crippen LogP contribution in [0.2, 0.25) is 0 Å². The average Bonchev–Trinajstić information content (AvgIpc) is 2.53. The predicted molar refractivity (Wildman–Crippen MR) is 77.3 cm³/mol. The molecule has 0 spiro atoms. The summed E-state index contributed by atoms with van der Waals surface area (Å²) >= 11 is 0.